The first-order chi connectivity index (χ1) is 9.92. The number of rotatable bonds is 8. The smallest absolute Gasteiger partial charge is 0.221 e. The third kappa shape index (κ3) is 4.92. The van der Waals surface area contributed by atoms with Crippen molar-refractivity contribution in [1.82, 2.24) is 10.2 Å². The lowest BCUT2D eigenvalue weighted by Crippen LogP contribution is -2.43. The molecule has 1 saturated heterocycles. The molecule has 0 aliphatic carbocycles. The molecule has 0 aromatic heterocycles. The third-order valence-corrected chi connectivity index (χ3v) is 4.30. The van der Waals surface area contributed by atoms with Crippen molar-refractivity contribution in [2.45, 2.75) is 63.8 Å². The average molecular weight is 302 g/mol. The number of likely N-dealkylation sites (tertiary alicyclic amines) is 1. The van der Waals surface area contributed by atoms with Gasteiger partial charge in [0.1, 0.15) is 0 Å². The number of unbranched alkanes of at least 4 members (excludes halogenated alkanes) is 1. The van der Waals surface area contributed by atoms with Crippen LogP contribution >= 0.6 is 0 Å². The monoisotopic (exact) mass is 302 g/mol. The lowest BCUT2D eigenvalue weighted by atomic mass is 10.0. The molecule has 0 spiro atoms. The Morgan fingerprint density at radius 3 is 2.33 bits per heavy atom. The van der Waals surface area contributed by atoms with Crippen molar-refractivity contribution in [3.63, 3.8) is 0 Å². The molecule has 1 aliphatic heterocycles. The molecular formula is C15H30N2O4. The van der Waals surface area contributed by atoms with Crippen LogP contribution in [0.25, 0.3) is 0 Å². The Morgan fingerprint density at radius 1 is 1.19 bits per heavy atom. The zero-order valence-corrected chi connectivity index (χ0v) is 13.3. The van der Waals surface area contributed by atoms with Gasteiger partial charge < -0.3 is 20.6 Å². The molecule has 0 radical (unpaired) electrons. The highest BCUT2D eigenvalue weighted by molar-refractivity contribution is 5.76. The Balaban J connectivity index is 2.65. The zero-order valence-electron chi connectivity index (χ0n) is 13.3. The molecule has 0 unspecified atom stereocenters. The Hall–Kier alpha value is -0.690. The molecular weight excluding hydrogens is 272 g/mol. The summed E-state index contributed by atoms with van der Waals surface area (Å²) in [5, 5.41) is 32.2. The minimum Gasteiger partial charge on any atom is -0.395 e. The molecule has 21 heavy (non-hydrogen) atoms. The highest BCUT2D eigenvalue weighted by Crippen LogP contribution is 2.28. The van der Waals surface area contributed by atoms with E-state index in [0.717, 1.165) is 19.3 Å². The maximum absolute atomic E-state index is 11.6. The molecule has 1 rings (SSSR count). The summed E-state index contributed by atoms with van der Waals surface area (Å²) in [5.74, 6) is 0.479. The second-order valence-electron chi connectivity index (χ2n) is 6.30. The standard InChI is InChI=1S/C15H30N2O4/c1-10(2)6-4-5-7-17-11(8-13(19)16-3)14(20)15(21)12(17)9-18/h10-12,14-15,18,20-21H,4-9H2,1-3H3,(H,16,19)/t11-,12-,14+,15-/m1/s1. The van der Waals surface area contributed by atoms with Gasteiger partial charge in [-0.3, -0.25) is 9.69 Å². The second kappa shape index (κ2) is 8.68. The quantitative estimate of drug-likeness (QED) is 0.463. The highest BCUT2D eigenvalue weighted by atomic mass is 16.3. The molecule has 0 aromatic rings. The summed E-state index contributed by atoms with van der Waals surface area (Å²) in [5.41, 5.74) is 0. The summed E-state index contributed by atoms with van der Waals surface area (Å²) < 4.78 is 0. The van der Waals surface area contributed by atoms with Crippen LogP contribution in [0.1, 0.15) is 39.5 Å². The fourth-order valence-corrected chi connectivity index (χ4v) is 3.02. The van der Waals surface area contributed by atoms with Crippen LogP contribution < -0.4 is 5.32 Å². The number of amides is 1. The number of carbonyl (C=O) groups excluding carboxylic acids is 1. The van der Waals surface area contributed by atoms with E-state index in [1.807, 2.05) is 4.90 Å². The molecule has 6 nitrogen and oxygen atoms in total. The largest absolute Gasteiger partial charge is 0.395 e. The van der Waals surface area contributed by atoms with Crippen LogP contribution in [0, 0.1) is 5.92 Å². The number of hydrogen-bond donors (Lipinski definition) is 4. The van der Waals surface area contributed by atoms with Crippen LogP contribution in [-0.4, -0.2) is 70.6 Å². The Kier molecular flexibility index (Phi) is 7.59. The van der Waals surface area contributed by atoms with E-state index in [1.165, 1.54) is 0 Å². The van der Waals surface area contributed by atoms with Crippen LogP contribution in [0.2, 0.25) is 0 Å². The van der Waals surface area contributed by atoms with E-state index in [1.54, 1.807) is 7.05 Å². The minimum atomic E-state index is -1.00. The molecule has 124 valence electrons. The molecule has 1 fully saturated rings. The van der Waals surface area contributed by atoms with Crippen molar-refractivity contribution >= 4 is 5.91 Å². The Labute approximate surface area is 127 Å². The van der Waals surface area contributed by atoms with Crippen molar-refractivity contribution in [1.29, 1.82) is 0 Å². The number of carbonyl (C=O) groups is 1. The first-order valence-electron chi connectivity index (χ1n) is 7.85. The minimum absolute atomic E-state index is 0.134. The summed E-state index contributed by atoms with van der Waals surface area (Å²) in [4.78, 5) is 13.5. The number of nitrogens with zero attached hydrogens (tertiary/aromatic N) is 1. The summed E-state index contributed by atoms with van der Waals surface area (Å²) in [6.07, 6.45) is 1.25. The summed E-state index contributed by atoms with van der Waals surface area (Å²) >= 11 is 0. The Bertz CT molecular complexity index is 325. The van der Waals surface area contributed by atoms with E-state index >= 15 is 0 Å². The zero-order chi connectivity index (χ0) is 16.0. The van der Waals surface area contributed by atoms with Gasteiger partial charge in [-0.25, -0.2) is 0 Å². The van der Waals surface area contributed by atoms with Crippen molar-refractivity contribution in [2.24, 2.45) is 5.92 Å². The van der Waals surface area contributed by atoms with Gasteiger partial charge >= 0.3 is 0 Å². The lowest BCUT2D eigenvalue weighted by molar-refractivity contribution is -0.122. The maximum atomic E-state index is 11.6. The predicted molar refractivity (Wildman–Crippen MR) is 80.8 cm³/mol. The summed E-state index contributed by atoms with van der Waals surface area (Å²) in [6, 6.07) is -0.926. The summed E-state index contributed by atoms with van der Waals surface area (Å²) in [6.45, 7) is 4.81. The topological polar surface area (TPSA) is 93.0 Å². The van der Waals surface area contributed by atoms with Crippen LogP contribution in [0.5, 0.6) is 0 Å². The third-order valence-electron chi connectivity index (χ3n) is 4.30. The molecule has 0 aromatic carbocycles. The number of aliphatic hydroxyl groups is 3. The van der Waals surface area contributed by atoms with Gasteiger partial charge in [-0.2, -0.15) is 0 Å². The molecule has 0 saturated carbocycles. The van der Waals surface area contributed by atoms with Gasteiger partial charge in [-0.15, -0.1) is 0 Å². The van der Waals surface area contributed by atoms with E-state index in [2.05, 4.69) is 19.2 Å². The highest BCUT2D eigenvalue weighted by Gasteiger charge is 2.47. The molecule has 1 heterocycles. The van der Waals surface area contributed by atoms with Crippen molar-refractivity contribution in [3.05, 3.63) is 0 Å². The van der Waals surface area contributed by atoms with Crippen LogP contribution in [0.15, 0.2) is 0 Å². The number of nitrogens with one attached hydrogen (secondary N) is 1. The van der Waals surface area contributed by atoms with Gasteiger partial charge in [0.05, 0.1) is 24.9 Å². The fraction of sp³-hybridized carbons (Fsp3) is 0.933. The van der Waals surface area contributed by atoms with Crippen molar-refractivity contribution in [2.75, 3.05) is 20.2 Å². The van der Waals surface area contributed by atoms with E-state index in [0.29, 0.717) is 12.5 Å². The van der Waals surface area contributed by atoms with Gasteiger partial charge in [-0.1, -0.05) is 26.7 Å². The molecule has 4 atom stereocenters. The molecule has 1 amide bonds. The first kappa shape index (κ1) is 18.4. The van der Waals surface area contributed by atoms with Gasteiger partial charge in [0.2, 0.25) is 5.91 Å². The van der Waals surface area contributed by atoms with Crippen LogP contribution in [0.3, 0.4) is 0 Å². The van der Waals surface area contributed by atoms with Crippen molar-refractivity contribution < 1.29 is 20.1 Å². The normalized spacial score (nSPS) is 30.0. The molecule has 6 heteroatoms. The maximum Gasteiger partial charge on any atom is 0.221 e. The Morgan fingerprint density at radius 2 is 1.81 bits per heavy atom. The SMILES string of the molecule is CNC(=O)C[C@@H]1[C@H](O)[C@H](O)[C@@H](CO)N1CCCCC(C)C. The lowest BCUT2D eigenvalue weighted by Gasteiger charge is -2.29. The fourth-order valence-electron chi connectivity index (χ4n) is 3.02. The van der Waals surface area contributed by atoms with E-state index < -0.39 is 24.3 Å². The predicted octanol–water partition coefficient (Wildman–Crippen LogP) is -0.284. The molecule has 1 aliphatic rings. The van der Waals surface area contributed by atoms with Gasteiger partial charge in [-0.05, 0) is 18.9 Å². The molecule has 0 bridgehead atoms. The number of hydrogen-bond acceptors (Lipinski definition) is 5. The van der Waals surface area contributed by atoms with Gasteiger partial charge in [0.25, 0.3) is 0 Å². The van der Waals surface area contributed by atoms with E-state index in [9.17, 15) is 20.1 Å². The van der Waals surface area contributed by atoms with E-state index in [-0.39, 0.29) is 18.9 Å². The van der Waals surface area contributed by atoms with Gasteiger partial charge in [0, 0.05) is 19.5 Å². The molecule has 4 N–H and O–H groups in total. The van der Waals surface area contributed by atoms with E-state index in [4.69, 9.17) is 0 Å². The van der Waals surface area contributed by atoms with Crippen LogP contribution in [0.4, 0.5) is 0 Å². The van der Waals surface area contributed by atoms with Gasteiger partial charge in [0.15, 0.2) is 0 Å². The number of aliphatic hydroxyl groups excluding tert-OH is 3. The van der Waals surface area contributed by atoms with Crippen LogP contribution in [-0.2, 0) is 4.79 Å². The average Bonchev–Trinajstić information content (AvgIpc) is 2.67. The second-order valence-corrected chi connectivity index (χ2v) is 6.30. The first-order valence-corrected chi connectivity index (χ1v) is 7.85. The summed E-state index contributed by atoms with van der Waals surface area (Å²) in [7, 11) is 1.55. The van der Waals surface area contributed by atoms with Crippen molar-refractivity contribution in [3.8, 4) is 0 Å².